The third kappa shape index (κ3) is 89.9. The molecular weight excluding hydrogens is 214 g/mol. The molecule has 0 aliphatic carbocycles. The van der Waals surface area contributed by atoms with Crippen molar-refractivity contribution in [3.05, 3.63) is 0 Å². The molecule has 1 nitrogen and oxygen atoms in total. The first kappa shape index (κ1) is 29.9. The predicted molar refractivity (Wildman–Crippen MR) is 86.5 cm³/mol. The van der Waals surface area contributed by atoms with Crippen molar-refractivity contribution < 1.29 is 0 Å². The number of hydrogen-bond donors (Lipinski definition) is 2. The molecule has 1 N–H and O–H groups in total. The lowest BCUT2D eigenvalue weighted by Gasteiger charge is -1.95. The SMILES string of the molecule is C.CC.CC.CCCC(C)C.CCCNS. The Kier molecular flexibility index (Phi) is 84.8. The predicted octanol–water partition coefficient (Wildman–Crippen LogP) is 5.96. The van der Waals surface area contributed by atoms with E-state index >= 15 is 0 Å². The van der Waals surface area contributed by atoms with E-state index in [-0.39, 0.29) is 7.43 Å². The molecule has 0 aliphatic rings. The maximum absolute atomic E-state index is 3.75. The summed E-state index contributed by atoms with van der Waals surface area (Å²) < 4.78 is 2.71. The van der Waals surface area contributed by atoms with Gasteiger partial charge in [-0.15, -0.1) is 0 Å². The van der Waals surface area contributed by atoms with Crippen molar-refractivity contribution in [2.75, 3.05) is 6.54 Å². The Morgan fingerprint density at radius 2 is 1.31 bits per heavy atom. The van der Waals surface area contributed by atoms with Gasteiger partial charge in [0.15, 0.2) is 0 Å². The van der Waals surface area contributed by atoms with E-state index < -0.39 is 0 Å². The fourth-order valence-corrected chi connectivity index (χ4v) is 0.913. The molecular formula is C14H39NS. The zero-order chi connectivity index (χ0) is 13.1. The smallest absolute Gasteiger partial charge is 0.00535 e. The van der Waals surface area contributed by atoms with Gasteiger partial charge < -0.3 is 0 Å². The number of nitrogens with one attached hydrogen (secondary N) is 1. The molecule has 16 heavy (non-hydrogen) atoms. The van der Waals surface area contributed by atoms with Crippen molar-refractivity contribution in [1.82, 2.24) is 4.72 Å². The van der Waals surface area contributed by atoms with Crippen molar-refractivity contribution in [3.8, 4) is 0 Å². The molecule has 0 atom stereocenters. The Morgan fingerprint density at radius 3 is 1.31 bits per heavy atom. The molecule has 0 fully saturated rings. The van der Waals surface area contributed by atoms with Crippen molar-refractivity contribution in [2.24, 2.45) is 5.92 Å². The van der Waals surface area contributed by atoms with Crippen LogP contribution in [0, 0.1) is 5.92 Å². The van der Waals surface area contributed by atoms with Gasteiger partial charge in [-0.05, 0) is 12.3 Å². The third-order valence-corrected chi connectivity index (χ3v) is 1.45. The molecule has 0 spiro atoms. The van der Waals surface area contributed by atoms with Gasteiger partial charge in [-0.3, -0.25) is 4.72 Å². The fraction of sp³-hybridized carbons (Fsp3) is 1.00. The van der Waals surface area contributed by atoms with Gasteiger partial charge >= 0.3 is 0 Å². The highest BCUT2D eigenvalue weighted by Crippen LogP contribution is 2.00. The Morgan fingerprint density at radius 1 is 0.938 bits per heavy atom. The first-order chi connectivity index (χ1) is 7.18. The van der Waals surface area contributed by atoms with Crippen LogP contribution in [0.1, 0.15) is 82.1 Å². The average Bonchev–Trinajstić information content (AvgIpc) is 2.25. The maximum Gasteiger partial charge on any atom is 0.00535 e. The van der Waals surface area contributed by atoms with E-state index in [1.165, 1.54) is 12.8 Å². The van der Waals surface area contributed by atoms with Gasteiger partial charge in [-0.2, -0.15) is 0 Å². The Labute approximate surface area is 112 Å². The molecule has 2 heteroatoms. The summed E-state index contributed by atoms with van der Waals surface area (Å²) in [5, 5.41) is 0. The topological polar surface area (TPSA) is 12.0 Å². The summed E-state index contributed by atoms with van der Waals surface area (Å²) in [7, 11) is 0. The molecule has 0 saturated carbocycles. The van der Waals surface area contributed by atoms with E-state index in [4.69, 9.17) is 0 Å². The Bertz CT molecular complexity index is 54.7. The van der Waals surface area contributed by atoms with Crippen LogP contribution in [0.25, 0.3) is 0 Å². The normalized spacial score (nSPS) is 7.12. The fourth-order valence-electron chi connectivity index (χ4n) is 0.689. The van der Waals surface area contributed by atoms with Crippen LogP contribution in [0.15, 0.2) is 0 Å². The van der Waals surface area contributed by atoms with Crippen LogP contribution in [-0.4, -0.2) is 6.54 Å². The van der Waals surface area contributed by atoms with Gasteiger partial charge in [0, 0.05) is 6.54 Å². The summed E-state index contributed by atoms with van der Waals surface area (Å²) in [5.74, 6) is 0.898. The molecule has 0 rings (SSSR count). The van der Waals surface area contributed by atoms with E-state index in [1.807, 2.05) is 27.7 Å². The van der Waals surface area contributed by atoms with Crippen LogP contribution in [0.2, 0.25) is 0 Å². The quantitative estimate of drug-likeness (QED) is 0.589. The summed E-state index contributed by atoms with van der Waals surface area (Å²) in [6.45, 7) is 17.8. The molecule has 0 unspecified atom stereocenters. The molecule has 0 aliphatic heterocycles. The summed E-state index contributed by atoms with van der Waals surface area (Å²) in [4.78, 5) is 0. The summed E-state index contributed by atoms with van der Waals surface area (Å²) in [6.07, 6.45) is 3.86. The van der Waals surface area contributed by atoms with E-state index in [0.29, 0.717) is 0 Å². The molecule has 0 amide bonds. The first-order valence-corrected chi connectivity index (χ1v) is 7.00. The average molecular weight is 254 g/mol. The first-order valence-electron chi connectivity index (χ1n) is 6.55. The largest absolute Gasteiger partial charge is 0.267 e. The van der Waals surface area contributed by atoms with Gasteiger partial charge in [0.25, 0.3) is 0 Å². The van der Waals surface area contributed by atoms with Gasteiger partial charge in [0.1, 0.15) is 0 Å². The van der Waals surface area contributed by atoms with Crippen molar-refractivity contribution in [2.45, 2.75) is 82.1 Å². The Hall–Kier alpha value is 0.310. The minimum atomic E-state index is 0. The van der Waals surface area contributed by atoms with Crippen LogP contribution < -0.4 is 4.72 Å². The number of hydrogen-bond acceptors (Lipinski definition) is 2. The van der Waals surface area contributed by atoms with Gasteiger partial charge in [-0.25, -0.2) is 0 Å². The highest BCUT2D eigenvalue weighted by molar-refractivity contribution is 7.78. The third-order valence-electron chi connectivity index (χ3n) is 1.23. The van der Waals surface area contributed by atoms with Crippen molar-refractivity contribution in [1.29, 1.82) is 0 Å². The second kappa shape index (κ2) is 45.4. The van der Waals surface area contributed by atoms with E-state index in [9.17, 15) is 0 Å². The lowest BCUT2D eigenvalue weighted by atomic mass is 10.1. The monoisotopic (exact) mass is 253 g/mol. The van der Waals surface area contributed by atoms with Crippen LogP contribution >= 0.6 is 12.8 Å². The second-order valence-corrected chi connectivity index (χ2v) is 3.41. The van der Waals surface area contributed by atoms with Crippen molar-refractivity contribution in [3.63, 3.8) is 0 Å². The highest BCUT2D eigenvalue weighted by atomic mass is 32.1. The standard InChI is InChI=1S/C6H14.C3H9NS.2C2H6.CH4/c1-4-5-6(2)3;1-2-3-4-5;2*1-2;/h6H,4-5H2,1-3H3;4-5H,2-3H2,1H3;2*1-2H3;1H4. The molecule has 0 aromatic heterocycles. The molecule has 0 aromatic carbocycles. The van der Waals surface area contributed by atoms with Gasteiger partial charge in [-0.1, -0.05) is 88.5 Å². The van der Waals surface area contributed by atoms with Crippen LogP contribution in [0.3, 0.4) is 0 Å². The van der Waals surface area contributed by atoms with Crippen LogP contribution in [0.5, 0.6) is 0 Å². The van der Waals surface area contributed by atoms with Crippen LogP contribution in [0.4, 0.5) is 0 Å². The lowest BCUT2D eigenvalue weighted by Crippen LogP contribution is -1.96. The molecule has 0 heterocycles. The van der Waals surface area contributed by atoms with E-state index in [0.717, 1.165) is 18.9 Å². The number of rotatable bonds is 4. The summed E-state index contributed by atoms with van der Waals surface area (Å²) in [5.41, 5.74) is 0. The van der Waals surface area contributed by atoms with Gasteiger partial charge in [0.2, 0.25) is 0 Å². The second-order valence-electron chi connectivity index (χ2n) is 3.09. The van der Waals surface area contributed by atoms with Crippen LogP contribution in [-0.2, 0) is 0 Å². The van der Waals surface area contributed by atoms with E-state index in [2.05, 4.69) is 45.2 Å². The minimum Gasteiger partial charge on any atom is -0.267 e. The zero-order valence-electron chi connectivity index (χ0n) is 12.4. The van der Waals surface area contributed by atoms with Gasteiger partial charge in [0.05, 0.1) is 0 Å². The molecule has 0 saturated heterocycles. The maximum atomic E-state index is 3.75. The minimum absolute atomic E-state index is 0. The molecule has 0 aromatic rings. The zero-order valence-corrected chi connectivity index (χ0v) is 13.2. The summed E-state index contributed by atoms with van der Waals surface area (Å²) in [6, 6.07) is 0. The lowest BCUT2D eigenvalue weighted by molar-refractivity contribution is 0.576. The number of thiol groups is 1. The van der Waals surface area contributed by atoms with E-state index in [1.54, 1.807) is 0 Å². The molecule has 0 radical (unpaired) electrons. The van der Waals surface area contributed by atoms with Crippen molar-refractivity contribution >= 4 is 12.8 Å². The Balaban J connectivity index is -0.0000000369. The molecule has 106 valence electrons. The molecule has 0 bridgehead atoms. The summed E-state index contributed by atoms with van der Waals surface area (Å²) >= 11 is 3.75. The highest BCUT2D eigenvalue weighted by Gasteiger charge is 1.85.